The number of methoxy groups -OCH3 is 1. The number of hydrogen-bond donors (Lipinski definition) is 1. The highest BCUT2D eigenvalue weighted by Crippen LogP contribution is 2.36. The van der Waals surface area contributed by atoms with Crippen LogP contribution in [-0.4, -0.2) is 7.11 Å². The number of rotatable bonds is 4. The molecule has 2 aromatic rings. The van der Waals surface area contributed by atoms with Crippen molar-refractivity contribution in [1.29, 1.82) is 0 Å². The number of nitrogens with two attached hydrogens (primary N) is 1. The van der Waals surface area contributed by atoms with Gasteiger partial charge in [0.2, 0.25) is 0 Å². The average Bonchev–Trinajstić information content (AvgIpc) is 2.44. The van der Waals surface area contributed by atoms with Crippen molar-refractivity contribution >= 4 is 5.69 Å². The summed E-state index contributed by atoms with van der Waals surface area (Å²) < 4.78 is 48.7. The fourth-order valence-corrected chi connectivity index (χ4v) is 1.86. The monoisotopic (exact) mass is 297 g/mol. The smallest absolute Gasteiger partial charge is 0.419 e. The van der Waals surface area contributed by atoms with E-state index in [0.29, 0.717) is 17.0 Å². The van der Waals surface area contributed by atoms with Crippen LogP contribution in [0.3, 0.4) is 0 Å². The van der Waals surface area contributed by atoms with Crippen LogP contribution < -0.4 is 15.2 Å². The molecule has 0 saturated carbocycles. The first-order chi connectivity index (χ1) is 9.91. The summed E-state index contributed by atoms with van der Waals surface area (Å²) in [6.45, 7) is -0.0126. The summed E-state index contributed by atoms with van der Waals surface area (Å²) in [7, 11) is 1.49. The summed E-state index contributed by atoms with van der Waals surface area (Å²) in [5.41, 5.74) is 6.00. The average molecular weight is 297 g/mol. The van der Waals surface area contributed by atoms with Crippen LogP contribution in [-0.2, 0) is 12.8 Å². The number of para-hydroxylation sites is 1. The number of halogens is 3. The van der Waals surface area contributed by atoms with E-state index in [2.05, 4.69) is 0 Å². The maximum atomic E-state index is 12.8. The van der Waals surface area contributed by atoms with Crippen molar-refractivity contribution in [2.24, 2.45) is 0 Å². The third-order valence-electron chi connectivity index (χ3n) is 2.88. The van der Waals surface area contributed by atoms with Gasteiger partial charge < -0.3 is 15.2 Å². The molecule has 0 atom stereocenters. The Morgan fingerprint density at radius 1 is 1.05 bits per heavy atom. The number of benzene rings is 2. The Labute approximate surface area is 120 Å². The van der Waals surface area contributed by atoms with Crippen molar-refractivity contribution in [2.75, 3.05) is 12.8 Å². The van der Waals surface area contributed by atoms with Gasteiger partial charge >= 0.3 is 6.18 Å². The highest BCUT2D eigenvalue weighted by molar-refractivity contribution is 5.54. The van der Waals surface area contributed by atoms with Crippen molar-refractivity contribution in [3.05, 3.63) is 53.6 Å². The molecule has 0 aliphatic rings. The van der Waals surface area contributed by atoms with Gasteiger partial charge in [0.05, 0.1) is 18.4 Å². The van der Waals surface area contributed by atoms with E-state index < -0.39 is 11.7 Å². The lowest BCUT2D eigenvalue weighted by Gasteiger charge is -2.14. The van der Waals surface area contributed by atoms with E-state index in [-0.39, 0.29) is 12.4 Å². The fraction of sp³-hybridized carbons (Fsp3) is 0.200. The predicted molar refractivity (Wildman–Crippen MR) is 73.2 cm³/mol. The van der Waals surface area contributed by atoms with E-state index in [1.165, 1.54) is 25.3 Å². The lowest BCUT2D eigenvalue weighted by Crippen LogP contribution is -2.08. The van der Waals surface area contributed by atoms with Gasteiger partial charge in [-0.3, -0.25) is 0 Å². The van der Waals surface area contributed by atoms with Crippen LogP contribution in [0.1, 0.15) is 11.1 Å². The van der Waals surface area contributed by atoms with Crippen LogP contribution in [0.5, 0.6) is 11.5 Å². The predicted octanol–water partition coefficient (Wildman–Crippen LogP) is 3.88. The molecule has 112 valence electrons. The number of alkyl halides is 3. The molecule has 2 aromatic carbocycles. The zero-order valence-corrected chi connectivity index (χ0v) is 11.3. The minimum absolute atomic E-state index is 0.0126. The Balaban J connectivity index is 2.15. The molecule has 0 fully saturated rings. The molecule has 0 aliphatic heterocycles. The first-order valence-corrected chi connectivity index (χ1v) is 6.13. The van der Waals surface area contributed by atoms with E-state index in [1.807, 2.05) is 0 Å². The zero-order valence-electron chi connectivity index (χ0n) is 11.3. The Morgan fingerprint density at radius 2 is 1.76 bits per heavy atom. The maximum Gasteiger partial charge on any atom is 0.419 e. The third kappa shape index (κ3) is 3.59. The molecule has 0 aromatic heterocycles. The minimum atomic E-state index is -4.45. The topological polar surface area (TPSA) is 44.5 Å². The van der Waals surface area contributed by atoms with Crippen molar-refractivity contribution in [3.63, 3.8) is 0 Å². The van der Waals surface area contributed by atoms with Crippen LogP contribution >= 0.6 is 0 Å². The lowest BCUT2D eigenvalue weighted by molar-refractivity contribution is -0.139. The highest BCUT2D eigenvalue weighted by atomic mass is 19.4. The summed E-state index contributed by atoms with van der Waals surface area (Å²) in [4.78, 5) is 0. The van der Waals surface area contributed by atoms with E-state index in [9.17, 15) is 13.2 Å². The van der Waals surface area contributed by atoms with Crippen molar-refractivity contribution in [2.45, 2.75) is 12.8 Å². The summed E-state index contributed by atoms with van der Waals surface area (Å²) in [6, 6.07) is 10.0. The zero-order chi connectivity index (χ0) is 15.5. The first-order valence-electron chi connectivity index (χ1n) is 6.13. The van der Waals surface area contributed by atoms with Gasteiger partial charge in [-0.25, -0.2) is 0 Å². The van der Waals surface area contributed by atoms with Crippen LogP contribution in [0, 0.1) is 0 Å². The SMILES string of the molecule is COc1ccc(COc2ccccc2C(F)(F)F)cc1N. The van der Waals surface area contributed by atoms with Crippen LogP contribution in [0.25, 0.3) is 0 Å². The molecule has 0 bridgehead atoms. The lowest BCUT2D eigenvalue weighted by atomic mass is 10.2. The van der Waals surface area contributed by atoms with E-state index in [1.54, 1.807) is 18.2 Å². The number of ether oxygens (including phenoxy) is 2. The second kappa shape index (κ2) is 5.95. The van der Waals surface area contributed by atoms with Gasteiger partial charge in [-0.1, -0.05) is 18.2 Å². The molecule has 0 saturated heterocycles. The van der Waals surface area contributed by atoms with Gasteiger partial charge in [0.15, 0.2) is 0 Å². The largest absolute Gasteiger partial charge is 0.495 e. The molecule has 0 amide bonds. The van der Waals surface area contributed by atoms with E-state index in [0.717, 1.165) is 6.07 Å². The number of hydrogen-bond acceptors (Lipinski definition) is 3. The van der Waals surface area contributed by atoms with Crippen molar-refractivity contribution in [1.82, 2.24) is 0 Å². The second-order valence-corrected chi connectivity index (χ2v) is 4.36. The molecule has 2 rings (SSSR count). The van der Waals surface area contributed by atoms with Gasteiger partial charge in [-0.05, 0) is 29.8 Å². The fourth-order valence-electron chi connectivity index (χ4n) is 1.86. The molecule has 0 heterocycles. The normalized spacial score (nSPS) is 11.2. The molecule has 21 heavy (non-hydrogen) atoms. The first kappa shape index (κ1) is 15.0. The molecule has 0 unspecified atom stereocenters. The Hall–Kier alpha value is -2.37. The Morgan fingerprint density at radius 3 is 2.38 bits per heavy atom. The quantitative estimate of drug-likeness (QED) is 0.871. The van der Waals surface area contributed by atoms with Crippen LogP contribution in [0.15, 0.2) is 42.5 Å². The Kier molecular flexibility index (Phi) is 4.26. The van der Waals surface area contributed by atoms with E-state index >= 15 is 0 Å². The van der Waals surface area contributed by atoms with Crippen molar-refractivity contribution in [3.8, 4) is 11.5 Å². The van der Waals surface area contributed by atoms with Crippen LogP contribution in [0.4, 0.5) is 18.9 Å². The molecule has 0 radical (unpaired) electrons. The van der Waals surface area contributed by atoms with Crippen molar-refractivity contribution < 1.29 is 22.6 Å². The van der Waals surface area contributed by atoms with Gasteiger partial charge in [0.1, 0.15) is 18.1 Å². The molecular formula is C15H14F3NO2. The number of nitrogen functional groups attached to an aromatic ring is 1. The molecule has 3 nitrogen and oxygen atoms in total. The molecule has 2 N–H and O–H groups in total. The molecular weight excluding hydrogens is 283 g/mol. The van der Waals surface area contributed by atoms with Crippen LogP contribution in [0.2, 0.25) is 0 Å². The van der Waals surface area contributed by atoms with Gasteiger partial charge in [0.25, 0.3) is 0 Å². The molecule has 0 aliphatic carbocycles. The molecule has 0 spiro atoms. The maximum absolute atomic E-state index is 12.8. The third-order valence-corrected chi connectivity index (χ3v) is 2.88. The Bertz CT molecular complexity index is 627. The van der Waals surface area contributed by atoms with Gasteiger partial charge in [-0.15, -0.1) is 0 Å². The summed E-state index contributed by atoms with van der Waals surface area (Å²) in [5, 5.41) is 0. The van der Waals surface area contributed by atoms with Gasteiger partial charge in [0, 0.05) is 0 Å². The van der Waals surface area contributed by atoms with E-state index in [4.69, 9.17) is 15.2 Å². The standard InChI is InChI=1S/C15H14F3NO2/c1-20-14-7-6-10(8-12(14)19)9-21-13-5-3-2-4-11(13)15(16,17)18/h2-8H,9,19H2,1H3. The highest BCUT2D eigenvalue weighted by Gasteiger charge is 2.33. The number of anilines is 1. The minimum Gasteiger partial charge on any atom is -0.495 e. The molecule has 6 heteroatoms. The van der Waals surface area contributed by atoms with Gasteiger partial charge in [-0.2, -0.15) is 13.2 Å². The summed E-state index contributed by atoms with van der Waals surface area (Å²) in [5.74, 6) is 0.300. The summed E-state index contributed by atoms with van der Waals surface area (Å²) in [6.07, 6.45) is -4.45. The summed E-state index contributed by atoms with van der Waals surface area (Å²) >= 11 is 0. The second-order valence-electron chi connectivity index (χ2n) is 4.36.